The molecule has 0 amide bonds. The lowest BCUT2D eigenvalue weighted by Crippen LogP contribution is -2.13. The summed E-state index contributed by atoms with van der Waals surface area (Å²) >= 11 is 0. The molecule has 5 heteroatoms. The van der Waals surface area contributed by atoms with Crippen LogP contribution in [0.2, 0.25) is 0 Å². The third-order valence-electron chi connectivity index (χ3n) is 4.36. The lowest BCUT2D eigenvalue weighted by atomic mass is 9.96. The molecular weight excluding hydrogens is 264 g/mol. The van der Waals surface area contributed by atoms with E-state index in [0.717, 1.165) is 11.3 Å². The van der Waals surface area contributed by atoms with E-state index in [1.165, 1.54) is 32.1 Å². The number of aromatic nitrogens is 4. The maximum Gasteiger partial charge on any atom is 0.0849 e. The molecule has 3 rings (SSSR count). The molecule has 1 aliphatic rings. The Morgan fingerprint density at radius 3 is 2.90 bits per heavy atom. The molecular formula is C16H24N4O. The molecule has 21 heavy (non-hydrogen) atoms. The zero-order valence-corrected chi connectivity index (χ0v) is 12.6. The predicted molar refractivity (Wildman–Crippen MR) is 80.9 cm³/mol. The molecule has 0 bridgehead atoms. The summed E-state index contributed by atoms with van der Waals surface area (Å²) in [4.78, 5) is 0. The molecule has 0 spiro atoms. The zero-order chi connectivity index (χ0) is 14.7. The third kappa shape index (κ3) is 3.35. The van der Waals surface area contributed by atoms with Gasteiger partial charge in [-0.15, -0.1) is 0 Å². The van der Waals surface area contributed by atoms with Crippen LogP contribution in [0, 0.1) is 0 Å². The first kappa shape index (κ1) is 14.3. The Bertz CT molecular complexity index is 568. The smallest absolute Gasteiger partial charge is 0.0849 e. The van der Waals surface area contributed by atoms with Gasteiger partial charge < -0.3 is 5.11 Å². The van der Waals surface area contributed by atoms with Gasteiger partial charge in [0.15, 0.2) is 0 Å². The molecule has 5 nitrogen and oxygen atoms in total. The second kappa shape index (κ2) is 6.43. The lowest BCUT2D eigenvalue weighted by Gasteiger charge is -2.21. The fraction of sp³-hybridized carbons (Fsp3) is 0.625. The highest BCUT2D eigenvalue weighted by Gasteiger charge is 2.16. The number of hydrogen-bond acceptors (Lipinski definition) is 3. The van der Waals surface area contributed by atoms with Gasteiger partial charge in [-0.1, -0.05) is 26.2 Å². The van der Waals surface area contributed by atoms with E-state index in [-0.39, 0.29) is 0 Å². The number of aliphatic hydroxyl groups excluding tert-OH is 1. The van der Waals surface area contributed by atoms with E-state index < -0.39 is 6.10 Å². The summed E-state index contributed by atoms with van der Waals surface area (Å²) in [5, 5.41) is 18.8. The largest absolute Gasteiger partial charge is 0.388 e. The summed E-state index contributed by atoms with van der Waals surface area (Å²) in [5.41, 5.74) is 1.91. The van der Waals surface area contributed by atoms with E-state index >= 15 is 0 Å². The lowest BCUT2D eigenvalue weighted by molar-refractivity contribution is 0.173. The Morgan fingerprint density at radius 2 is 2.14 bits per heavy atom. The van der Waals surface area contributed by atoms with Crippen molar-refractivity contribution >= 4 is 0 Å². The van der Waals surface area contributed by atoms with Gasteiger partial charge in [-0.2, -0.15) is 10.2 Å². The standard InChI is InChI=1S/C16H24N4O/c1-2-16(21)13-10-17-19(11-13)12-14-8-9-20(18-14)15-6-4-3-5-7-15/h8-11,15-16,21H,2-7,12H2,1H3. The monoisotopic (exact) mass is 288 g/mol. The van der Waals surface area contributed by atoms with Crippen LogP contribution < -0.4 is 0 Å². The van der Waals surface area contributed by atoms with Crippen LogP contribution in [-0.2, 0) is 6.54 Å². The van der Waals surface area contributed by atoms with Crippen LogP contribution in [0.15, 0.2) is 24.7 Å². The van der Waals surface area contributed by atoms with Crippen molar-refractivity contribution < 1.29 is 5.11 Å². The van der Waals surface area contributed by atoms with Gasteiger partial charge in [-0.3, -0.25) is 9.36 Å². The summed E-state index contributed by atoms with van der Waals surface area (Å²) in [7, 11) is 0. The highest BCUT2D eigenvalue weighted by molar-refractivity contribution is 5.09. The Hall–Kier alpha value is -1.62. The molecule has 2 aromatic rings. The molecule has 114 valence electrons. The first-order valence-electron chi connectivity index (χ1n) is 8.00. The van der Waals surface area contributed by atoms with Crippen LogP contribution in [0.4, 0.5) is 0 Å². The number of hydrogen-bond donors (Lipinski definition) is 1. The minimum atomic E-state index is -0.418. The highest BCUT2D eigenvalue weighted by atomic mass is 16.3. The van der Waals surface area contributed by atoms with Crippen molar-refractivity contribution in [1.29, 1.82) is 0 Å². The number of rotatable bonds is 5. The molecule has 1 atom stereocenters. The van der Waals surface area contributed by atoms with Crippen LogP contribution in [0.3, 0.4) is 0 Å². The van der Waals surface area contributed by atoms with E-state index in [1.807, 2.05) is 17.8 Å². The normalized spacial score (nSPS) is 18.0. The fourth-order valence-corrected chi connectivity index (χ4v) is 3.05. The summed E-state index contributed by atoms with van der Waals surface area (Å²) in [6.07, 6.45) is 12.5. The molecule has 0 saturated heterocycles. The average Bonchev–Trinajstić information content (AvgIpc) is 3.17. The van der Waals surface area contributed by atoms with Crippen molar-refractivity contribution in [2.75, 3.05) is 0 Å². The van der Waals surface area contributed by atoms with Crippen LogP contribution in [-0.4, -0.2) is 24.7 Å². The SMILES string of the molecule is CCC(O)c1cnn(Cc2ccn(C3CCCCC3)n2)c1. The van der Waals surface area contributed by atoms with Crippen LogP contribution in [0.1, 0.15) is 68.9 Å². The molecule has 0 radical (unpaired) electrons. The highest BCUT2D eigenvalue weighted by Crippen LogP contribution is 2.27. The quantitative estimate of drug-likeness (QED) is 0.920. The van der Waals surface area contributed by atoms with E-state index in [0.29, 0.717) is 19.0 Å². The van der Waals surface area contributed by atoms with Crippen molar-refractivity contribution in [3.63, 3.8) is 0 Å². The van der Waals surface area contributed by atoms with Gasteiger partial charge in [-0.25, -0.2) is 0 Å². The van der Waals surface area contributed by atoms with Crippen molar-refractivity contribution in [1.82, 2.24) is 19.6 Å². The molecule has 1 fully saturated rings. The molecule has 1 aliphatic carbocycles. The van der Waals surface area contributed by atoms with Gasteiger partial charge >= 0.3 is 0 Å². The van der Waals surface area contributed by atoms with Gasteiger partial charge in [0.25, 0.3) is 0 Å². The Morgan fingerprint density at radius 1 is 1.33 bits per heavy atom. The average molecular weight is 288 g/mol. The fourth-order valence-electron chi connectivity index (χ4n) is 3.05. The first-order chi connectivity index (χ1) is 10.3. The van der Waals surface area contributed by atoms with E-state index in [1.54, 1.807) is 6.20 Å². The Labute approximate surface area is 125 Å². The van der Waals surface area contributed by atoms with Gasteiger partial charge in [-0.05, 0) is 25.3 Å². The zero-order valence-electron chi connectivity index (χ0n) is 12.6. The molecule has 1 unspecified atom stereocenters. The predicted octanol–water partition coefficient (Wildman–Crippen LogP) is 3.08. The second-order valence-electron chi connectivity index (χ2n) is 5.97. The summed E-state index contributed by atoms with van der Waals surface area (Å²) in [6.45, 7) is 2.63. The molecule has 2 aromatic heterocycles. The summed E-state index contributed by atoms with van der Waals surface area (Å²) in [5.74, 6) is 0. The van der Waals surface area contributed by atoms with Gasteiger partial charge in [0, 0.05) is 18.0 Å². The van der Waals surface area contributed by atoms with Crippen molar-refractivity contribution in [3.8, 4) is 0 Å². The molecule has 0 aliphatic heterocycles. The second-order valence-corrected chi connectivity index (χ2v) is 5.97. The Balaban J connectivity index is 1.65. The molecule has 0 aromatic carbocycles. The van der Waals surface area contributed by atoms with Crippen LogP contribution in [0.5, 0.6) is 0 Å². The molecule has 1 saturated carbocycles. The summed E-state index contributed by atoms with van der Waals surface area (Å²) < 4.78 is 3.97. The van der Waals surface area contributed by atoms with Crippen LogP contribution in [0.25, 0.3) is 0 Å². The summed E-state index contributed by atoms with van der Waals surface area (Å²) in [6, 6.07) is 2.65. The van der Waals surface area contributed by atoms with E-state index in [4.69, 9.17) is 5.10 Å². The van der Waals surface area contributed by atoms with Crippen molar-refractivity contribution in [2.45, 2.75) is 64.1 Å². The van der Waals surface area contributed by atoms with Crippen molar-refractivity contribution in [2.24, 2.45) is 0 Å². The maximum absolute atomic E-state index is 9.81. The number of aliphatic hydroxyl groups is 1. The third-order valence-corrected chi connectivity index (χ3v) is 4.36. The van der Waals surface area contributed by atoms with Crippen molar-refractivity contribution in [3.05, 3.63) is 35.9 Å². The Kier molecular flexibility index (Phi) is 4.39. The first-order valence-corrected chi connectivity index (χ1v) is 8.00. The van der Waals surface area contributed by atoms with E-state index in [2.05, 4.69) is 22.0 Å². The minimum Gasteiger partial charge on any atom is -0.388 e. The molecule has 2 heterocycles. The van der Waals surface area contributed by atoms with Gasteiger partial charge in [0.2, 0.25) is 0 Å². The molecule has 1 N–H and O–H groups in total. The van der Waals surface area contributed by atoms with Gasteiger partial charge in [0.05, 0.1) is 30.6 Å². The van der Waals surface area contributed by atoms with E-state index in [9.17, 15) is 5.11 Å². The topological polar surface area (TPSA) is 55.9 Å². The van der Waals surface area contributed by atoms with Gasteiger partial charge in [0.1, 0.15) is 0 Å². The number of nitrogens with zero attached hydrogens (tertiary/aromatic N) is 4. The minimum absolute atomic E-state index is 0.418. The maximum atomic E-state index is 9.81. The van der Waals surface area contributed by atoms with Crippen LogP contribution >= 0.6 is 0 Å².